The zero-order valence-corrected chi connectivity index (χ0v) is 13.8. The molecule has 6 nitrogen and oxygen atoms in total. The predicted octanol–water partition coefficient (Wildman–Crippen LogP) is 2.74. The maximum absolute atomic E-state index is 12.4. The van der Waals surface area contributed by atoms with E-state index in [2.05, 4.69) is 5.32 Å². The Hall–Kier alpha value is -1.37. The monoisotopic (exact) mass is 347 g/mol. The molecule has 22 heavy (non-hydrogen) atoms. The molecule has 0 atom stereocenters. The van der Waals surface area contributed by atoms with Crippen LogP contribution in [0.1, 0.15) is 23.2 Å². The number of nitrogens with one attached hydrogen (secondary N) is 1. The van der Waals surface area contributed by atoms with Crippen LogP contribution in [0.3, 0.4) is 0 Å². The number of hydrogen-bond acceptors (Lipinski definition) is 4. The van der Waals surface area contributed by atoms with E-state index in [1.807, 2.05) is 7.05 Å². The Balaban J connectivity index is 0.00000242. The number of benzene rings is 1. The van der Waals surface area contributed by atoms with Crippen molar-refractivity contribution in [3.63, 3.8) is 0 Å². The zero-order chi connectivity index (χ0) is 15.4. The smallest absolute Gasteiger partial charge is 0.270 e. The third-order valence-corrected chi connectivity index (χ3v) is 4.10. The standard InChI is InChI=1S/C14H18ClN3O3.ClH/c1-16-9-10-4-6-17(7-5-10)14(19)12-3-2-11(18(20)21)8-13(12)15;/h2-3,8,10,16H,4-7,9H2,1H3;1H. The number of amides is 1. The SMILES string of the molecule is CNCC1CCN(C(=O)c2ccc([N+](=O)[O-])cc2Cl)CC1.Cl. The Morgan fingerprint density at radius 1 is 1.45 bits per heavy atom. The molecule has 1 amide bonds. The maximum Gasteiger partial charge on any atom is 0.270 e. The summed E-state index contributed by atoms with van der Waals surface area (Å²) in [5.74, 6) is 0.434. The van der Waals surface area contributed by atoms with Gasteiger partial charge in [0, 0.05) is 25.2 Å². The van der Waals surface area contributed by atoms with Gasteiger partial charge in [0.15, 0.2) is 0 Å². The topological polar surface area (TPSA) is 75.5 Å². The van der Waals surface area contributed by atoms with Gasteiger partial charge in [0.05, 0.1) is 15.5 Å². The van der Waals surface area contributed by atoms with Gasteiger partial charge in [0.25, 0.3) is 11.6 Å². The highest BCUT2D eigenvalue weighted by molar-refractivity contribution is 6.34. The van der Waals surface area contributed by atoms with Crippen molar-refractivity contribution in [2.24, 2.45) is 5.92 Å². The molecule has 8 heteroatoms. The minimum absolute atomic E-state index is 0. The van der Waals surface area contributed by atoms with Crippen LogP contribution in [0.4, 0.5) is 5.69 Å². The number of piperidine rings is 1. The lowest BCUT2D eigenvalue weighted by Gasteiger charge is -2.32. The van der Waals surface area contributed by atoms with Crippen LogP contribution in [0.15, 0.2) is 18.2 Å². The molecule has 0 unspecified atom stereocenters. The number of nitro groups is 1. The molecule has 0 radical (unpaired) electrons. The highest BCUT2D eigenvalue weighted by atomic mass is 35.5. The van der Waals surface area contributed by atoms with Gasteiger partial charge in [0.2, 0.25) is 0 Å². The molecule has 1 aliphatic heterocycles. The number of carbonyl (C=O) groups is 1. The van der Waals surface area contributed by atoms with Gasteiger partial charge in [-0.25, -0.2) is 0 Å². The van der Waals surface area contributed by atoms with E-state index in [0.29, 0.717) is 24.6 Å². The average molecular weight is 348 g/mol. The number of halogens is 2. The fourth-order valence-electron chi connectivity index (χ4n) is 2.59. The minimum atomic E-state index is -0.524. The third kappa shape index (κ3) is 4.32. The van der Waals surface area contributed by atoms with Crippen LogP contribution >= 0.6 is 24.0 Å². The Morgan fingerprint density at radius 3 is 2.59 bits per heavy atom. The number of carbonyl (C=O) groups excluding carboxylic acids is 1. The highest BCUT2D eigenvalue weighted by Crippen LogP contribution is 2.25. The molecule has 0 saturated carbocycles. The van der Waals surface area contributed by atoms with Crippen molar-refractivity contribution in [1.29, 1.82) is 0 Å². The Kier molecular flexibility index (Phi) is 7.06. The van der Waals surface area contributed by atoms with Gasteiger partial charge in [-0.05, 0) is 38.4 Å². The first kappa shape index (κ1) is 18.7. The minimum Gasteiger partial charge on any atom is -0.339 e. The van der Waals surface area contributed by atoms with Crippen LogP contribution in [0.25, 0.3) is 0 Å². The molecule has 1 saturated heterocycles. The van der Waals surface area contributed by atoms with Crippen molar-refractivity contribution < 1.29 is 9.72 Å². The molecule has 0 bridgehead atoms. The summed E-state index contributed by atoms with van der Waals surface area (Å²) in [7, 11) is 1.92. The molecule has 1 aromatic carbocycles. The van der Waals surface area contributed by atoms with Gasteiger partial charge >= 0.3 is 0 Å². The first-order valence-electron chi connectivity index (χ1n) is 6.90. The second-order valence-electron chi connectivity index (χ2n) is 5.21. The first-order valence-corrected chi connectivity index (χ1v) is 7.28. The summed E-state index contributed by atoms with van der Waals surface area (Å²) in [4.78, 5) is 24.3. The quantitative estimate of drug-likeness (QED) is 0.671. The van der Waals surface area contributed by atoms with Gasteiger partial charge in [-0.1, -0.05) is 11.6 Å². The summed E-state index contributed by atoms with van der Waals surface area (Å²) in [6, 6.07) is 3.97. The summed E-state index contributed by atoms with van der Waals surface area (Å²) in [5.41, 5.74) is 0.221. The van der Waals surface area contributed by atoms with Gasteiger partial charge in [0.1, 0.15) is 0 Å². The van der Waals surface area contributed by atoms with Gasteiger partial charge in [-0.15, -0.1) is 12.4 Å². The number of non-ortho nitro benzene ring substituents is 1. The molecule has 1 aliphatic rings. The van der Waals surface area contributed by atoms with Crippen LogP contribution in [0.2, 0.25) is 5.02 Å². The summed E-state index contributed by atoms with van der Waals surface area (Å²) in [5, 5.41) is 14.0. The zero-order valence-electron chi connectivity index (χ0n) is 12.3. The summed E-state index contributed by atoms with van der Waals surface area (Å²) in [6.45, 7) is 2.34. The molecule has 2 rings (SSSR count). The normalized spacial score (nSPS) is 15.3. The van der Waals surface area contributed by atoms with E-state index < -0.39 is 4.92 Å². The van der Waals surface area contributed by atoms with Gasteiger partial charge in [-0.3, -0.25) is 14.9 Å². The van der Waals surface area contributed by atoms with Crippen LogP contribution in [0, 0.1) is 16.0 Å². The van der Waals surface area contributed by atoms with Crippen molar-refractivity contribution in [1.82, 2.24) is 10.2 Å². The van der Waals surface area contributed by atoms with E-state index in [1.54, 1.807) is 4.90 Å². The molecule has 1 aromatic rings. The average Bonchev–Trinajstić information content (AvgIpc) is 2.47. The van der Waals surface area contributed by atoms with Crippen molar-refractivity contribution in [3.8, 4) is 0 Å². The third-order valence-electron chi connectivity index (χ3n) is 3.79. The summed E-state index contributed by atoms with van der Waals surface area (Å²) < 4.78 is 0. The summed E-state index contributed by atoms with van der Waals surface area (Å²) >= 11 is 6.00. The lowest BCUT2D eigenvalue weighted by atomic mass is 9.96. The van der Waals surface area contributed by atoms with Gasteiger partial charge < -0.3 is 10.2 Å². The van der Waals surface area contributed by atoms with Crippen molar-refractivity contribution in [2.75, 3.05) is 26.7 Å². The van der Waals surface area contributed by atoms with E-state index in [0.717, 1.165) is 19.4 Å². The van der Waals surface area contributed by atoms with Crippen LogP contribution in [-0.4, -0.2) is 42.4 Å². The van der Waals surface area contributed by atoms with Crippen LogP contribution in [0.5, 0.6) is 0 Å². The second-order valence-corrected chi connectivity index (χ2v) is 5.62. The number of likely N-dealkylation sites (tertiary alicyclic amines) is 1. The fraction of sp³-hybridized carbons (Fsp3) is 0.500. The molecule has 1 heterocycles. The fourth-order valence-corrected chi connectivity index (χ4v) is 2.85. The molecular formula is C14H19Cl2N3O3. The molecule has 1 N–H and O–H groups in total. The molecule has 0 aliphatic carbocycles. The molecule has 0 spiro atoms. The first-order chi connectivity index (χ1) is 10.0. The van der Waals surface area contributed by atoms with Crippen molar-refractivity contribution in [2.45, 2.75) is 12.8 Å². The lowest BCUT2D eigenvalue weighted by Crippen LogP contribution is -2.40. The number of nitrogens with zero attached hydrogens (tertiary/aromatic N) is 2. The Bertz CT molecular complexity index is 546. The van der Waals surface area contributed by atoms with Crippen LogP contribution < -0.4 is 5.32 Å². The highest BCUT2D eigenvalue weighted by Gasteiger charge is 2.25. The maximum atomic E-state index is 12.4. The van der Waals surface area contributed by atoms with Crippen molar-refractivity contribution in [3.05, 3.63) is 38.9 Å². The van der Waals surface area contributed by atoms with E-state index >= 15 is 0 Å². The Labute approximate surface area is 140 Å². The van der Waals surface area contributed by atoms with E-state index in [9.17, 15) is 14.9 Å². The Morgan fingerprint density at radius 2 is 2.09 bits per heavy atom. The summed E-state index contributed by atoms with van der Waals surface area (Å²) in [6.07, 6.45) is 1.91. The van der Waals surface area contributed by atoms with Crippen LogP contribution in [-0.2, 0) is 0 Å². The predicted molar refractivity (Wildman–Crippen MR) is 87.9 cm³/mol. The van der Waals surface area contributed by atoms with Gasteiger partial charge in [-0.2, -0.15) is 0 Å². The molecular weight excluding hydrogens is 329 g/mol. The number of nitro benzene ring substituents is 1. The van der Waals surface area contributed by atoms with E-state index in [4.69, 9.17) is 11.6 Å². The van der Waals surface area contributed by atoms with E-state index in [1.165, 1.54) is 18.2 Å². The second kappa shape index (κ2) is 8.31. The largest absolute Gasteiger partial charge is 0.339 e. The van der Waals surface area contributed by atoms with E-state index in [-0.39, 0.29) is 29.0 Å². The molecule has 1 fully saturated rings. The number of rotatable bonds is 4. The van der Waals surface area contributed by atoms with Crippen molar-refractivity contribution >= 4 is 35.6 Å². The molecule has 122 valence electrons. The number of hydrogen-bond donors (Lipinski definition) is 1. The lowest BCUT2D eigenvalue weighted by molar-refractivity contribution is -0.384. The molecule has 0 aromatic heterocycles.